The molecule has 1 aromatic carbocycles. The monoisotopic (exact) mass is 352 g/mol. The fourth-order valence-electron chi connectivity index (χ4n) is 2.56. The number of benzene rings is 1. The molecular weight excluding hydrogens is 328 g/mol. The summed E-state index contributed by atoms with van der Waals surface area (Å²) in [6.07, 6.45) is 3.32. The summed E-state index contributed by atoms with van der Waals surface area (Å²) in [6.45, 7) is 4.93. The summed E-state index contributed by atoms with van der Waals surface area (Å²) < 4.78 is 1.74. The number of aromatic nitrogens is 4. The zero-order valence-electron chi connectivity index (χ0n) is 15.1. The van der Waals surface area contributed by atoms with Gasteiger partial charge in [-0.3, -0.25) is 4.68 Å². The van der Waals surface area contributed by atoms with Gasteiger partial charge >= 0.3 is 0 Å². The first kappa shape index (κ1) is 17.7. The van der Waals surface area contributed by atoms with E-state index in [1.54, 1.807) is 17.2 Å². The molecule has 136 valence electrons. The third kappa shape index (κ3) is 4.47. The first-order valence-corrected chi connectivity index (χ1v) is 8.70. The molecule has 2 aromatic heterocycles. The number of aryl methyl sites for hydroxylation is 1. The number of hydrogen-bond donors (Lipinski definition) is 3. The van der Waals surface area contributed by atoms with Crippen LogP contribution in [0.2, 0.25) is 0 Å². The van der Waals surface area contributed by atoms with Crippen molar-refractivity contribution in [3.05, 3.63) is 48.4 Å². The minimum Gasteiger partial charge on any atom is -0.368 e. The molecule has 3 rings (SSSR count). The van der Waals surface area contributed by atoms with Gasteiger partial charge in [0, 0.05) is 26.7 Å². The first-order valence-electron chi connectivity index (χ1n) is 8.70. The zero-order valence-corrected chi connectivity index (χ0v) is 15.1. The van der Waals surface area contributed by atoms with Crippen LogP contribution in [-0.2, 0) is 13.6 Å². The number of rotatable bonds is 7. The Hall–Kier alpha value is -3.16. The topological polar surface area (TPSA) is 92.1 Å². The van der Waals surface area contributed by atoms with Gasteiger partial charge in [-0.2, -0.15) is 5.10 Å². The Morgan fingerprint density at radius 3 is 2.77 bits per heavy atom. The summed E-state index contributed by atoms with van der Waals surface area (Å²) in [4.78, 5) is 13.1. The average Bonchev–Trinajstić information content (AvgIpc) is 3.06. The van der Waals surface area contributed by atoms with E-state index in [1.807, 2.05) is 25.2 Å². The van der Waals surface area contributed by atoms with E-state index in [4.69, 9.17) is 0 Å². The van der Waals surface area contributed by atoms with Crippen LogP contribution in [0, 0.1) is 0 Å². The highest BCUT2D eigenvalue weighted by molar-refractivity contribution is 5.86. The third-order valence-electron chi connectivity index (χ3n) is 3.85. The Morgan fingerprint density at radius 2 is 1.96 bits per heavy atom. The fourth-order valence-corrected chi connectivity index (χ4v) is 2.56. The van der Waals surface area contributed by atoms with Gasteiger partial charge in [-0.05, 0) is 12.5 Å². The number of fused-ring (bicyclic) bond motifs is 1. The minimum atomic E-state index is 0.645. The van der Waals surface area contributed by atoms with Crippen molar-refractivity contribution in [3.63, 3.8) is 0 Å². The summed E-state index contributed by atoms with van der Waals surface area (Å²) >= 11 is 0. The van der Waals surface area contributed by atoms with Gasteiger partial charge in [0.1, 0.15) is 12.1 Å². The van der Waals surface area contributed by atoms with Gasteiger partial charge in [0.05, 0.1) is 18.1 Å². The maximum atomic E-state index is 4.61. The standard InChI is InChI=1S/C18H24N8/c1-3-19-18(22-11-14-7-5-4-6-8-14)21-10-9-20-16-15-12-25-26(2)17(15)24-13-23-16/h4-8,12-13H,3,9-11H2,1-2H3,(H2,19,21,22)(H,20,23,24). The Balaban J connectivity index is 1.53. The maximum Gasteiger partial charge on any atom is 0.191 e. The largest absolute Gasteiger partial charge is 0.368 e. The molecular formula is C18H24N8. The third-order valence-corrected chi connectivity index (χ3v) is 3.85. The molecule has 3 aromatic rings. The Bertz CT molecular complexity index is 856. The normalized spacial score (nSPS) is 11.5. The molecule has 0 spiro atoms. The Kier molecular flexibility index (Phi) is 5.97. The van der Waals surface area contributed by atoms with Crippen LogP contribution in [0.1, 0.15) is 12.5 Å². The zero-order chi connectivity index (χ0) is 18.2. The van der Waals surface area contributed by atoms with Crippen molar-refractivity contribution in [2.24, 2.45) is 12.0 Å². The second kappa shape index (κ2) is 8.80. The average molecular weight is 352 g/mol. The molecule has 0 amide bonds. The molecule has 0 saturated heterocycles. The molecule has 0 aliphatic rings. The molecule has 3 N–H and O–H groups in total. The number of anilines is 1. The number of hydrogen-bond acceptors (Lipinski definition) is 5. The van der Waals surface area contributed by atoms with E-state index in [-0.39, 0.29) is 0 Å². The second-order valence-electron chi connectivity index (χ2n) is 5.76. The van der Waals surface area contributed by atoms with Crippen molar-refractivity contribution in [1.82, 2.24) is 30.4 Å². The van der Waals surface area contributed by atoms with Crippen LogP contribution in [0.4, 0.5) is 5.82 Å². The number of guanidine groups is 1. The summed E-state index contributed by atoms with van der Waals surface area (Å²) in [5.74, 6) is 1.59. The predicted octanol–water partition coefficient (Wildman–Crippen LogP) is 1.53. The molecule has 0 unspecified atom stereocenters. The molecule has 0 saturated carbocycles. The molecule has 0 aliphatic carbocycles. The summed E-state index contributed by atoms with van der Waals surface area (Å²) in [7, 11) is 1.87. The van der Waals surface area contributed by atoms with E-state index in [0.29, 0.717) is 19.6 Å². The van der Waals surface area contributed by atoms with Crippen LogP contribution in [-0.4, -0.2) is 45.3 Å². The summed E-state index contributed by atoms with van der Waals surface area (Å²) in [6, 6.07) is 10.2. The van der Waals surface area contributed by atoms with Crippen molar-refractivity contribution in [1.29, 1.82) is 0 Å². The van der Waals surface area contributed by atoms with Crippen molar-refractivity contribution >= 4 is 22.8 Å². The highest BCUT2D eigenvalue weighted by Crippen LogP contribution is 2.16. The van der Waals surface area contributed by atoms with E-state index >= 15 is 0 Å². The number of nitrogens with one attached hydrogen (secondary N) is 3. The van der Waals surface area contributed by atoms with Crippen LogP contribution in [0.25, 0.3) is 11.0 Å². The Morgan fingerprint density at radius 1 is 1.12 bits per heavy atom. The molecule has 0 aliphatic heterocycles. The lowest BCUT2D eigenvalue weighted by molar-refractivity contribution is 0.785. The summed E-state index contributed by atoms with van der Waals surface area (Å²) in [5, 5.41) is 15.0. The second-order valence-corrected chi connectivity index (χ2v) is 5.76. The van der Waals surface area contributed by atoms with Crippen LogP contribution < -0.4 is 16.0 Å². The van der Waals surface area contributed by atoms with Crippen LogP contribution in [0.3, 0.4) is 0 Å². The summed E-state index contributed by atoms with van der Waals surface area (Å²) in [5.41, 5.74) is 2.00. The number of aliphatic imine (C=N–C) groups is 1. The highest BCUT2D eigenvalue weighted by Gasteiger charge is 2.07. The predicted molar refractivity (Wildman–Crippen MR) is 104 cm³/mol. The van der Waals surface area contributed by atoms with E-state index in [9.17, 15) is 0 Å². The van der Waals surface area contributed by atoms with Crippen molar-refractivity contribution < 1.29 is 0 Å². The lowest BCUT2D eigenvalue weighted by Gasteiger charge is -2.12. The van der Waals surface area contributed by atoms with E-state index < -0.39 is 0 Å². The minimum absolute atomic E-state index is 0.645. The van der Waals surface area contributed by atoms with Crippen LogP contribution in [0.15, 0.2) is 47.8 Å². The van der Waals surface area contributed by atoms with E-state index in [2.05, 4.69) is 55.1 Å². The molecule has 0 bridgehead atoms. The van der Waals surface area contributed by atoms with Crippen molar-refractivity contribution in [2.75, 3.05) is 25.0 Å². The van der Waals surface area contributed by atoms with Gasteiger partial charge in [-0.25, -0.2) is 15.0 Å². The van der Waals surface area contributed by atoms with Gasteiger partial charge < -0.3 is 16.0 Å². The van der Waals surface area contributed by atoms with Crippen molar-refractivity contribution in [3.8, 4) is 0 Å². The molecule has 2 heterocycles. The Labute approximate surface area is 152 Å². The lowest BCUT2D eigenvalue weighted by Crippen LogP contribution is -2.39. The SMILES string of the molecule is CCNC(=NCc1ccccc1)NCCNc1ncnc2c1cnn2C. The number of nitrogens with zero attached hydrogens (tertiary/aromatic N) is 5. The first-order chi connectivity index (χ1) is 12.8. The van der Waals surface area contributed by atoms with Crippen molar-refractivity contribution in [2.45, 2.75) is 13.5 Å². The van der Waals surface area contributed by atoms with Gasteiger partial charge in [-0.15, -0.1) is 0 Å². The molecule has 0 radical (unpaired) electrons. The lowest BCUT2D eigenvalue weighted by atomic mass is 10.2. The molecule has 0 fully saturated rings. The van der Waals surface area contributed by atoms with E-state index in [0.717, 1.165) is 29.4 Å². The van der Waals surface area contributed by atoms with Crippen LogP contribution >= 0.6 is 0 Å². The molecule has 0 atom stereocenters. The van der Waals surface area contributed by atoms with Gasteiger partial charge in [0.25, 0.3) is 0 Å². The quantitative estimate of drug-likeness (QED) is 0.339. The van der Waals surface area contributed by atoms with E-state index in [1.165, 1.54) is 5.56 Å². The van der Waals surface area contributed by atoms with Gasteiger partial charge in [0.15, 0.2) is 11.6 Å². The maximum absolute atomic E-state index is 4.61. The van der Waals surface area contributed by atoms with Gasteiger partial charge in [0.2, 0.25) is 0 Å². The van der Waals surface area contributed by atoms with Gasteiger partial charge in [-0.1, -0.05) is 30.3 Å². The molecule has 26 heavy (non-hydrogen) atoms. The smallest absolute Gasteiger partial charge is 0.191 e. The molecule has 8 heteroatoms. The highest BCUT2D eigenvalue weighted by atomic mass is 15.3. The van der Waals surface area contributed by atoms with Crippen LogP contribution in [0.5, 0.6) is 0 Å². The fraction of sp³-hybridized carbons (Fsp3) is 0.333. The molecule has 8 nitrogen and oxygen atoms in total.